The minimum atomic E-state index is 0. The molecule has 0 atom stereocenters. The average molecular weight is 664 g/mol. The predicted molar refractivity (Wildman–Crippen MR) is 168 cm³/mol. The van der Waals surface area contributed by atoms with E-state index in [4.69, 9.17) is 4.74 Å². The zero-order valence-electron chi connectivity index (χ0n) is 26.0. The molecule has 0 radical (unpaired) electrons. The number of unbranched alkanes of at least 4 members (excludes halogenated alkanes) is 15. The lowest BCUT2D eigenvalue weighted by Gasteiger charge is -2.29. The number of hydrogen-bond donors (Lipinski definition) is 0. The van der Waals surface area contributed by atoms with Gasteiger partial charge in [0.05, 0.1) is 39.4 Å². The Kier molecular flexibility index (Phi) is 21.2. The standard InChI is InChI=1S/C36H58NO2.HI/c1-4-30-37(2,3)31-24-17-15-13-11-9-7-5-6-8-10-12-14-16-18-25-32-39-35-29-23-22-28-34(35)36(38)33-26-20-19-21-27-33;/h19-23,26-29H,4-18,24-25,30-32H2,1-3H3;1H/q+1;/p-1. The van der Waals surface area contributed by atoms with Crippen LogP contribution in [-0.4, -0.2) is 44.1 Å². The second-order valence-electron chi connectivity index (χ2n) is 12.1. The van der Waals surface area contributed by atoms with Gasteiger partial charge >= 0.3 is 0 Å². The Hall–Kier alpha value is -1.40. The van der Waals surface area contributed by atoms with Crippen LogP contribution in [0.1, 0.15) is 132 Å². The van der Waals surface area contributed by atoms with Gasteiger partial charge < -0.3 is 33.2 Å². The van der Waals surface area contributed by atoms with Gasteiger partial charge in [-0.15, -0.1) is 0 Å². The summed E-state index contributed by atoms with van der Waals surface area (Å²) in [4.78, 5) is 12.8. The second kappa shape index (κ2) is 23.2. The van der Waals surface area contributed by atoms with Gasteiger partial charge in [0, 0.05) is 5.56 Å². The molecule has 0 unspecified atom stereocenters. The number of para-hydroxylation sites is 1. The van der Waals surface area contributed by atoms with E-state index in [1.165, 1.54) is 120 Å². The molecule has 0 fully saturated rings. The van der Waals surface area contributed by atoms with Gasteiger partial charge in [-0.25, -0.2) is 0 Å². The Morgan fingerprint density at radius 3 is 1.57 bits per heavy atom. The summed E-state index contributed by atoms with van der Waals surface area (Å²) in [5.41, 5.74) is 1.36. The topological polar surface area (TPSA) is 26.3 Å². The third kappa shape index (κ3) is 16.8. The Bertz CT molecular complexity index is 883. The Morgan fingerprint density at radius 1 is 0.600 bits per heavy atom. The fourth-order valence-electron chi connectivity index (χ4n) is 5.54. The van der Waals surface area contributed by atoms with Crippen LogP contribution in [0.25, 0.3) is 0 Å². The number of halogens is 1. The molecule has 2 aromatic carbocycles. The molecule has 40 heavy (non-hydrogen) atoms. The van der Waals surface area contributed by atoms with E-state index in [1.54, 1.807) is 0 Å². The molecule has 0 saturated carbocycles. The third-order valence-corrected chi connectivity index (χ3v) is 7.91. The summed E-state index contributed by atoms with van der Waals surface area (Å²) in [6.07, 6.45) is 23.1. The maximum absolute atomic E-state index is 12.8. The molecular weight excluding hydrogens is 605 g/mol. The van der Waals surface area contributed by atoms with E-state index < -0.39 is 0 Å². The molecule has 0 N–H and O–H groups in total. The molecule has 0 aromatic heterocycles. The van der Waals surface area contributed by atoms with E-state index in [1.807, 2.05) is 54.6 Å². The van der Waals surface area contributed by atoms with Gasteiger partial charge in [0.2, 0.25) is 0 Å². The molecule has 0 amide bonds. The lowest BCUT2D eigenvalue weighted by molar-refractivity contribution is -0.890. The fraction of sp³-hybridized carbons (Fsp3) is 0.639. The van der Waals surface area contributed by atoms with Crippen molar-refractivity contribution in [3.63, 3.8) is 0 Å². The molecule has 0 bridgehead atoms. The number of benzene rings is 2. The zero-order chi connectivity index (χ0) is 28.0. The normalized spacial score (nSPS) is 11.3. The maximum atomic E-state index is 12.8. The SMILES string of the molecule is CCC[N+](C)(C)CCCCCCCCCCCCCCCCCCOc1ccccc1C(=O)c1ccccc1.[I-]. The summed E-state index contributed by atoms with van der Waals surface area (Å²) in [5, 5.41) is 0. The first-order chi connectivity index (χ1) is 19.0. The summed E-state index contributed by atoms with van der Waals surface area (Å²) >= 11 is 0. The fourth-order valence-corrected chi connectivity index (χ4v) is 5.54. The van der Waals surface area contributed by atoms with Gasteiger partial charge in [-0.1, -0.05) is 133 Å². The van der Waals surface area contributed by atoms with Gasteiger partial charge in [0.25, 0.3) is 0 Å². The van der Waals surface area contributed by atoms with Crippen molar-refractivity contribution in [1.29, 1.82) is 0 Å². The minimum absolute atomic E-state index is 0. The molecule has 226 valence electrons. The molecule has 0 aliphatic carbocycles. The van der Waals surface area contributed by atoms with Crippen molar-refractivity contribution in [3.8, 4) is 5.75 Å². The highest BCUT2D eigenvalue weighted by Crippen LogP contribution is 2.22. The van der Waals surface area contributed by atoms with Crippen LogP contribution in [0.15, 0.2) is 54.6 Å². The lowest BCUT2D eigenvalue weighted by Crippen LogP contribution is -3.00. The molecule has 0 aliphatic heterocycles. The lowest BCUT2D eigenvalue weighted by atomic mass is 10.0. The number of nitrogens with zero attached hydrogens (tertiary/aromatic N) is 1. The quantitative estimate of drug-likeness (QED) is 0.0522. The van der Waals surface area contributed by atoms with Gasteiger partial charge in [0.15, 0.2) is 5.78 Å². The molecule has 0 spiro atoms. The van der Waals surface area contributed by atoms with Crippen LogP contribution in [0.2, 0.25) is 0 Å². The van der Waals surface area contributed by atoms with Gasteiger partial charge in [-0.2, -0.15) is 0 Å². The number of quaternary nitrogens is 1. The molecule has 4 heteroatoms. The molecular formula is C36H58INO2. The predicted octanol–water partition coefficient (Wildman–Crippen LogP) is 7.03. The maximum Gasteiger partial charge on any atom is 0.196 e. The number of ketones is 1. The number of carbonyl (C=O) groups excluding carboxylic acids is 1. The summed E-state index contributed by atoms with van der Waals surface area (Å²) in [6.45, 7) is 5.62. The molecule has 0 saturated heterocycles. The van der Waals surface area contributed by atoms with Crippen molar-refractivity contribution in [3.05, 3.63) is 65.7 Å². The largest absolute Gasteiger partial charge is 1.00 e. The summed E-state index contributed by atoms with van der Waals surface area (Å²) in [7, 11) is 4.75. The Labute approximate surface area is 264 Å². The van der Waals surface area contributed by atoms with E-state index in [-0.39, 0.29) is 29.8 Å². The van der Waals surface area contributed by atoms with Crippen molar-refractivity contribution in [1.82, 2.24) is 0 Å². The molecule has 2 rings (SSSR count). The summed E-state index contributed by atoms with van der Waals surface area (Å²) in [5.74, 6) is 0.728. The van der Waals surface area contributed by atoms with E-state index in [0.29, 0.717) is 23.5 Å². The average Bonchev–Trinajstić information content (AvgIpc) is 2.94. The van der Waals surface area contributed by atoms with Crippen molar-refractivity contribution in [2.75, 3.05) is 33.8 Å². The minimum Gasteiger partial charge on any atom is -1.00 e. The second-order valence-corrected chi connectivity index (χ2v) is 12.1. The molecule has 2 aromatic rings. The van der Waals surface area contributed by atoms with Crippen LogP contribution in [0, 0.1) is 0 Å². The van der Waals surface area contributed by atoms with Gasteiger partial charge in [-0.05, 0) is 37.8 Å². The first-order valence-corrected chi connectivity index (χ1v) is 16.2. The van der Waals surface area contributed by atoms with Crippen molar-refractivity contribution in [2.24, 2.45) is 0 Å². The highest BCUT2D eigenvalue weighted by atomic mass is 127. The summed E-state index contributed by atoms with van der Waals surface area (Å²) in [6, 6.07) is 17.1. The van der Waals surface area contributed by atoms with Gasteiger partial charge in [0.1, 0.15) is 5.75 Å². The van der Waals surface area contributed by atoms with Crippen LogP contribution >= 0.6 is 0 Å². The number of ether oxygens (including phenoxy) is 1. The highest BCUT2D eigenvalue weighted by molar-refractivity contribution is 6.10. The molecule has 0 aliphatic rings. The van der Waals surface area contributed by atoms with Gasteiger partial charge in [-0.3, -0.25) is 4.79 Å². The smallest absolute Gasteiger partial charge is 0.196 e. The van der Waals surface area contributed by atoms with Crippen LogP contribution in [0.3, 0.4) is 0 Å². The van der Waals surface area contributed by atoms with E-state index in [9.17, 15) is 4.79 Å². The van der Waals surface area contributed by atoms with Crippen molar-refractivity contribution in [2.45, 2.75) is 116 Å². The first-order valence-electron chi connectivity index (χ1n) is 16.2. The van der Waals surface area contributed by atoms with Crippen molar-refractivity contribution >= 4 is 5.78 Å². The zero-order valence-corrected chi connectivity index (χ0v) is 28.1. The summed E-state index contributed by atoms with van der Waals surface area (Å²) < 4.78 is 7.20. The number of hydrogen-bond acceptors (Lipinski definition) is 2. The van der Waals surface area contributed by atoms with Crippen molar-refractivity contribution < 1.29 is 38.0 Å². The molecule has 3 nitrogen and oxygen atoms in total. The van der Waals surface area contributed by atoms with Crippen LogP contribution in [0.4, 0.5) is 0 Å². The van der Waals surface area contributed by atoms with Crippen LogP contribution < -0.4 is 28.7 Å². The van der Waals surface area contributed by atoms with E-state index in [2.05, 4.69) is 21.0 Å². The van der Waals surface area contributed by atoms with E-state index in [0.717, 1.165) is 6.42 Å². The van der Waals surface area contributed by atoms with E-state index >= 15 is 0 Å². The number of carbonyl (C=O) groups is 1. The van der Waals surface area contributed by atoms with Crippen LogP contribution in [-0.2, 0) is 0 Å². The monoisotopic (exact) mass is 663 g/mol. The number of rotatable bonds is 24. The first kappa shape index (κ1) is 36.6. The Balaban J connectivity index is 0.00000800. The van der Waals surface area contributed by atoms with Crippen LogP contribution in [0.5, 0.6) is 5.75 Å². The Morgan fingerprint density at radius 2 is 1.05 bits per heavy atom. The third-order valence-electron chi connectivity index (χ3n) is 7.91. The molecule has 0 heterocycles. The highest BCUT2D eigenvalue weighted by Gasteiger charge is 2.14.